The van der Waals surface area contributed by atoms with Gasteiger partial charge in [0.1, 0.15) is 5.56 Å². The van der Waals surface area contributed by atoms with Crippen LogP contribution in [0.4, 0.5) is 20.4 Å². The van der Waals surface area contributed by atoms with E-state index in [4.69, 9.17) is 5.73 Å². The van der Waals surface area contributed by atoms with Crippen LogP contribution in [0, 0.1) is 10.1 Å². The van der Waals surface area contributed by atoms with Crippen molar-refractivity contribution < 1.29 is 13.7 Å². The second kappa shape index (κ2) is 3.40. The highest BCUT2D eigenvalue weighted by Gasteiger charge is 2.21. The largest absolute Gasteiger partial charge is 0.366 e. The summed E-state index contributed by atoms with van der Waals surface area (Å²) in [5.74, 6) is -1.39. The molecule has 0 saturated carbocycles. The molecule has 14 heavy (non-hydrogen) atoms. The summed E-state index contributed by atoms with van der Waals surface area (Å²) in [5.41, 5.74) is 2.92. The van der Waals surface area contributed by atoms with Crippen LogP contribution in [0.3, 0.4) is 0 Å². The number of hydrogen-bond donors (Lipinski definition) is 2. The number of alkyl halides is 2. The minimum absolute atomic E-state index is 0.470. The summed E-state index contributed by atoms with van der Waals surface area (Å²) in [6, 6.07) is 0.470. The zero-order valence-electron chi connectivity index (χ0n) is 6.66. The number of H-pyrrole nitrogens is 1. The van der Waals surface area contributed by atoms with Crippen molar-refractivity contribution in [1.29, 1.82) is 0 Å². The van der Waals surface area contributed by atoms with E-state index in [1.165, 1.54) is 0 Å². The monoisotopic (exact) mass is 205 g/mol. The number of nitro groups is 1. The van der Waals surface area contributed by atoms with Gasteiger partial charge in [0.15, 0.2) is 0 Å². The normalized spacial score (nSPS) is 10.5. The zero-order valence-corrected chi connectivity index (χ0v) is 6.66. The lowest BCUT2D eigenvalue weighted by Gasteiger charge is -2.01. The molecule has 6 nitrogen and oxygen atoms in total. The van der Waals surface area contributed by atoms with Crippen LogP contribution in [-0.4, -0.2) is 9.91 Å². The Morgan fingerprint density at radius 1 is 1.57 bits per heavy atom. The minimum Gasteiger partial charge on any atom is -0.366 e. The molecule has 0 unspecified atom stereocenters. The number of hydrogen-bond acceptors (Lipinski definition) is 4. The van der Waals surface area contributed by atoms with Gasteiger partial charge in [0.25, 0.3) is 6.43 Å². The first-order valence-corrected chi connectivity index (χ1v) is 3.38. The summed E-state index contributed by atoms with van der Waals surface area (Å²) in [7, 11) is 0. The van der Waals surface area contributed by atoms with E-state index < -0.39 is 34.0 Å². The Hall–Kier alpha value is -1.99. The molecule has 0 fully saturated rings. The van der Waals surface area contributed by atoms with Crippen molar-refractivity contribution >= 4 is 11.6 Å². The molecule has 0 bridgehead atoms. The van der Waals surface area contributed by atoms with Gasteiger partial charge in [0.2, 0.25) is 11.2 Å². The van der Waals surface area contributed by atoms with Gasteiger partial charge >= 0.3 is 5.82 Å². The number of nitrogens with one attached hydrogen (secondary N) is 1. The third-order valence-corrected chi connectivity index (χ3v) is 1.50. The molecule has 8 heteroatoms. The van der Waals surface area contributed by atoms with E-state index in [2.05, 4.69) is 0 Å². The molecule has 0 radical (unpaired) electrons. The Kier molecular flexibility index (Phi) is 2.45. The molecule has 0 aliphatic rings. The maximum Gasteiger partial charge on any atom is 0.326 e. The number of halogens is 2. The number of rotatable bonds is 2. The van der Waals surface area contributed by atoms with Gasteiger partial charge in [-0.05, 0) is 4.92 Å². The number of aromatic nitrogens is 1. The van der Waals surface area contributed by atoms with Crippen molar-refractivity contribution in [2.45, 2.75) is 6.43 Å². The van der Waals surface area contributed by atoms with Crippen LogP contribution in [0.1, 0.15) is 12.0 Å². The van der Waals surface area contributed by atoms with Crippen LogP contribution >= 0.6 is 0 Å². The van der Waals surface area contributed by atoms with Crippen LogP contribution in [0.5, 0.6) is 0 Å². The summed E-state index contributed by atoms with van der Waals surface area (Å²) in [6.07, 6.45) is -3.06. The molecular weight excluding hydrogens is 200 g/mol. The Morgan fingerprint density at radius 3 is 2.50 bits per heavy atom. The second-order valence-corrected chi connectivity index (χ2v) is 2.40. The highest BCUT2D eigenvalue weighted by atomic mass is 19.3. The standard InChI is InChI=1S/C6H5F2N3O3/c7-5(8)4-2(12)1-3(11(13)14)10-6(4)9/h1,5H,(H3,9,10,12). The number of anilines is 1. The van der Waals surface area contributed by atoms with Gasteiger partial charge in [-0.15, -0.1) is 0 Å². The maximum absolute atomic E-state index is 12.2. The first-order chi connectivity index (χ1) is 6.43. The number of nitrogen functional groups attached to an aromatic ring is 1. The maximum atomic E-state index is 12.2. The number of aromatic amines is 1. The van der Waals surface area contributed by atoms with E-state index >= 15 is 0 Å². The molecule has 0 amide bonds. The lowest BCUT2D eigenvalue weighted by molar-refractivity contribution is -0.389. The molecule has 0 atom stereocenters. The van der Waals surface area contributed by atoms with Crippen LogP contribution in [0.15, 0.2) is 10.9 Å². The Morgan fingerprint density at radius 2 is 2.14 bits per heavy atom. The lowest BCUT2D eigenvalue weighted by atomic mass is 10.2. The highest BCUT2D eigenvalue weighted by molar-refractivity contribution is 5.44. The van der Waals surface area contributed by atoms with Crippen molar-refractivity contribution in [2.24, 2.45) is 0 Å². The average molecular weight is 205 g/mol. The van der Waals surface area contributed by atoms with Gasteiger partial charge in [-0.2, -0.15) is 0 Å². The summed E-state index contributed by atoms with van der Waals surface area (Å²) >= 11 is 0. The average Bonchev–Trinajstić information content (AvgIpc) is 2.01. The van der Waals surface area contributed by atoms with Gasteiger partial charge < -0.3 is 15.8 Å². The molecule has 76 valence electrons. The molecule has 3 N–H and O–H groups in total. The summed E-state index contributed by atoms with van der Waals surface area (Å²) in [6.45, 7) is 0. The van der Waals surface area contributed by atoms with E-state index in [0.717, 1.165) is 0 Å². The number of pyridine rings is 1. The van der Waals surface area contributed by atoms with Crippen LogP contribution in [0.25, 0.3) is 0 Å². The van der Waals surface area contributed by atoms with E-state index in [1.807, 2.05) is 4.98 Å². The molecule has 0 saturated heterocycles. The van der Waals surface area contributed by atoms with Crippen LogP contribution < -0.4 is 11.2 Å². The topological polar surface area (TPSA) is 102 Å². The van der Waals surface area contributed by atoms with E-state index in [1.54, 1.807) is 0 Å². The smallest absolute Gasteiger partial charge is 0.326 e. The Balaban J connectivity index is 3.40. The van der Waals surface area contributed by atoms with Gasteiger partial charge in [0.05, 0.1) is 6.07 Å². The van der Waals surface area contributed by atoms with Crippen molar-refractivity contribution in [2.75, 3.05) is 5.73 Å². The third-order valence-electron chi connectivity index (χ3n) is 1.50. The van der Waals surface area contributed by atoms with Crippen LogP contribution in [-0.2, 0) is 0 Å². The van der Waals surface area contributed by atoms with E-state index in [9.17, 15) is 23.7 Å². The Labute approximate surface area is 75.5 Å². The molecule has 1 aromatic heterocycles. The molecular formula is C6H5F2N3O3. The van der Waals surface area contributed by atoms with Crippen LogP contribution in [0.2, 0.25) is 0 Å². The lowest BCUT2D eigenvalue weighted by Crippen LogP contribution is -2.14. The minimum atomic E-state index is -3.06. The fourth-order valence-electron chi connectivity index (χ4n) is 0.899. The fourth-order valence-corrected chi connectivity index (χ4v) is 0.899. The molecule has 1 rings (SSSR count). The van der Waals surface area contributed by atoms with Crippen molar-refractivity contribution in [3.63, 3.8) is 0 Å². The number of nitrogens with zero attached hydrogens (tertiary/aromatic N) is 1. The van der Waals surface area contributed by atoms with Crippen molar-refractivity contribution in [3.8, 4) is 0 Å². The van der Waals surface area contributed by atoms with Gasteiger partial charge in [-0.25, -0.2) is 13.8 Å². The molecule has 0 spiro atoms. The van der Waals surface area contributed by atoms with E-state index in [-0.39, 0.29) is 0 Å². The second-order valence-electron chi connectivity index (χ2n) is 2.40. The van der Waals surface area contributed by atoms with Gasteiger partial charge in [-0.3, -0.25) is 4.79 Å². The first-order valence-electron chi connectivity index (χ1n) is 3.38. The van der Waals surface area contributed by atoms with Gasteiger partial charge in [0, 0.05) is 0 Å². The highest BCUT2D eigenvalue weighted by Crippen LogP contribution is 2.21. The Bertz CT molecular complexity index is 429. The SMILES string of the molecule is Nc1[nH]c([N+](=O)[O-])cc(=O)c1C(F)F. The molecule has 1 aromatic rings. The number of nitrogens with two attached hydrogens (primary N) is 1. The molecule has 0 aromatic carbocycles. The van der Waals surface area contributed by atoms with Crippen molar-refractivity contribution in [3.05, 3.63) is 32.0 Å². The zero-order chi connectivity index (χ0) is 10.9. The summed E-state index contributed by atoms with van der Waals surface area (Å²) in [5, 5.41) is 10.2. The predicted octanol–water partition coefficient (Wildman–Crippen LogP) is 0.803. The quantitative estimate of drug-likeness (QED) is 0.550. The van der Waals surface area contributed by atoms with Gasteiger partial charge in [-0.1, -0.05) is 0 Å². The summed E-state index contributed by atoms with van der Waals surface area (Å²) < 4.78 is 24.3. The van der Waals surface area contributed by atoms with Crippen molar-refractivity contribution in [1.82, 2.24) is 4.98 Å². The predicted molar refractivity (Wildman–Crippen MR) is 43.1 cm³/mol. The molecule has 0 aliphatic carbocycles. The summed E-state index contributed by atoms with van der Waals surface area (Å²) in [4.78, 5) is 22.1. The first kappa shape index (κ1) is 10.1. The van der Waals surface area contributed by atoms with E-state index in [0.29, 0.717) is 6.07 Å². The molecule has 1 heterocycles. The third kappa shape index (κ3) is 1.68. The molecule has 0 aliphatic heterocycles. The fraction of sp³-hybridized carbons (Fsp3) is 0.167.